The maximum absolute atomic E-state index is 13.1. The molecular weight excluding hydrogens is 719 g/mol. The summed E-state index contributed by atoms with van der Waals surface area (Å²) in [5, 5.41) is 23.6. The number of hydrogen-bond acceptors (Lipinski definition) is 5. The quantitative estimate of drug-likeness (QED) is 0.0327. The summed E-state index contributed by atoms with van der Waals surface area (Å²) in [5.41, 5.74) is 0. The number of hydrogen-bond donors (Lipinski definition) is 3. The van der Waals surface area contributed by atoms with Gasteiger partial charge < -0.3 is 20.3 Å². The van der Waals surface area contributed by atoms with Gasteiger partial charge in [0.25, 0.3) is 0 Å². The molecule has 1 amide bonds. The number of aliphatic hydroxyl groups excluding tert-OH is 2. The normalized spacial score (nSPS) is 14.4. The molecule has 0 spiro atoms. The lowest BCUT2D eigenvalue weighted by Gasteiger charge is -2.24. The zero-order valence-electron chi connectivity index (χ0n) is 37.1. The van der Waals surface area contributed by atoms with Crippen molar-refractivity contribution >= 4 is 11.9 Å². The van der Waals surface area contributed by atoms with Crippen molar-refractivity contribution in [1.82, 2.24) is 5.32 Å². The first-order valence-electron chi connectivity index (χ1n) is 23.2. The number of unbranched alkanes of at least 4 members (excludes halogenated alkanes) is 16. The molecule has 0 aromatic carbocycles. The summed E-state index contributed by atoms with van der Waals surface area (Å²) in [7, 11) is 0. The van der Waals surface area contributed by atoms with Crippen LogP contribution in [0.3, 0.4) is 0 Å². The number of allylic oxidation sites excluding steroid dienone is 18. The molecule has 0 aromatic rings. The zero-order chi connectivity index (χ0) is 42.4. The Kier molecular flexibility index (Phi) is 41.9. The minimum absolute atomic E-state index is 0.0155. The summed E-state index contributed by atoms with van der Waals surface area (Å²) in [4.78, 5) is 26.0. The molecule has 0 bridgehead atoms. The number of nitrogens with one attached hydrogen (secondary N) is 1. The SMILES string of the molecule is CC/C=C/C=C/C=C\C=C/C=C/CCCC(=O)OC(CCCCC/C=C/C=C/C=C/C=C/CCCCC)CC(=O)NC(CO)C(O)CCCCCCCCCCCC. The molecule has 0 aliphatic heterocycles. The highest BCUT2D eigenvalue weighted by molar-refractivity contribution is 5.77. The monoisotopic (exact) mass is 804 g/mol. The van der Waals surface area contributed by atoms with Crippen LogP contribution in [0.4, 0.5) is 0 Å². The van der Waals surface area contributed by atoms with Crippen molar-refractivity contribution < 1.29 is 24.5 Å². The molecule has 0 aliphatic rings. The number of carbonyl (C=O) groups excluding carboxylic acids is 2. The van der Waals surface area contributed by atoms with E-state index in [1.54, 1.807) is 0 Å². The molecule has 0 saturated carbocycles. The molecule has 0 saturated heterocycles. The van der Waals surface area contributed by atoms with Crippen molar-refractivity contribution in [2.45, 2.75) is 200 Å². The summed E-state index contributed by atoms with van der Waals surface area (Å²) >= 11 is 0. The van der Waals surface area contributed by atoms with E-state index in [2.05, 4.69) is 62.5 Å². The smallest absolute Gasteiger partial charge is 0.306 e. The van der Waals surface area contributed by atoms with Crippen LogP contribution in [0.15, 0.2) is 109 Å². The standard InChI is InChI=1S/C52H85NO5/c1-4-7-10-13-16-19-22-24-25-26-28-29-31-34-37-40-43-48(58-52(57)45-42-39-36-33-30-27-23-20-17-14-11-8-5-2)46-51(56)53-49(47-54)50(55)44-41-38-35-32-21-18-15-12-9-6-3/h8,11,14,16-17,19-20,22-30,33,36,48-50,54-55H,4-7,9-10,12-13,15,18,21,31-32,34-35,37-47H2,1-3H3,(H,53,56)/b11-8+,17-14+,19-16+,23-20-,24-22+,26-25+,29-28+,30-27-,36-33+. The van der Waals surface area contributed by atoms with Crippen molar-refractivity contribution in [3.63, 3.8) is 0 Å². The van der Waals surface area contributed by atoms with Gasteiger partial charge in [0.05, 0.1) is 25.2 Å². The van der Waals surface area contributed by atoms with E-state index in [0.717, 1.165) is 64.2 Å². The first kappa shape index (κ1) is 54.5. The topological polar surface area (TPSA) is 95.9 Å². The first-order valence-corrected chi connectivity index (χ1v) is 23.2. The lowest BCUT2D eigenvalue weighted by molar-refractivity contribution is -0.151. The van der Waals surface area contributed by atoms with Gasteiger partial charge in [-0.15, -0.1) is 0 Å². The minimum Gasteiger partial charge on any atom is -0.462 e. The van der Waals surface area contributed by atoms with Crippen molar-refractivity contribution in [2.75, 3.05) is 6.61 Å². The van der Waals surface area contributed by atoms with Crippen molar-refractivity contribution in [3.8, 4) is 0 Å². The molecule has 58 heavy (non-hydrogen) atoms. The van der Waals surface area contributed by atoms with Gasteiger partial charge in [0, 0.05) is 6.42 Å². The summed E-state index contributed by atoms with van der Waals surface area (Å²) in [5.74, 6) is -0.615. The second-order valence-electron chi connectivity index (χ2n) is 15.3. The highest BCUT2D eigenvalue weighted by Gasteiger charge is 2.24. The van der Waals surface area contributed by atoms with E-state index >= 15 is 0 Å². The van der Waals surface area contributed by atoms with Crippen LogP contribution < -0.4 is 5.32 Å². The van der Waals surface area contributed by atoms with E-state index in [-0.39, 0.29) is 31.3 Å². The van der Waals surface area contributed by atoms with Crippen LogP contribution in [0, 0.1) is 0 Å². The van der Waals surface area contributed by atoms with E-state index < -0.39 is 18.2 Å². The van der Waals surface area contributed by atoms with E-state index in [9.17, 15) is 19.8 Å². The van der Waals surface area contributed by atoms with Crippen molar-refractivity contribution in [1.29, 1.82) is 0 Å². The first-order chi connectivity index (χ1) is 28.5. The molecule has 6 heteroatoms. The molecule has 0 rings (SSSR count). The average Bonchev–Trinajstić information content (AvgIpc) is 3.22. The van der Waals surface area contributed by atoms with Crippen LogP contribution >= 0.6 is 0 Å². The molecule has 0 fully saturated rings. The van der Waals surface area contributed by atoms with Crippen LogP contribution in [0.5, 0.6) is 0 Å². The van der Waals surface area contributed by atoms with Gasteiger partial charge in [0.1, 0.15) is 6.10 Å². The number of carbonyl (C=O) groups is 2. The van der Waals surface area contributed by atoms with Crippen LogP contribution in [0.25, 0.3) is 0 Å². The molecule has 3 atom stereocenters. The maximum Gasteiger partial charge on any atom is 0.306 e. The molecule has 0 heterocycles. The third-order valence-corrected chi connectivity index (χ3v) is 9.81. The Balaban J connectivity index is 4.86. The molecule has 0 aliphatic carbocycles. The second kappa shape index (κ2) is 44.6. The highest BCUT2D eigenvalue weighted by atomic mass is 16.5. The van der Waals surface area contributed by atoms with Gasteiger partial charge in [-0.3, -0.25) is 9.59 Å². The fourth-order valence-corrected chi connectivity index (χ4v) is 6.29. The highest BCUT2D eigenvalue weighted by Crippen LogP contribution is 2.16. The summed E-state index contributed by atoms with van der Waals surface area (Å²) in [6, 6.07) is -0.735. The van der Waals surface area contributed by atoms with Gasteiger partial charge in [-0.1, -0.05) is 214 Å². The van der Waals surface area contributed by atoms with Gasteiger partial charge in [-0.2, -0.15) is 0 Å². The van der Waals surface area contributed by atoms with Crippen LogP contribution in [0.2, 0.25) is 0 Å². The fourth-order valence-electron chi connectivity index (χ4n) is 6.29. The van der Waals surface area contributed by atoms with E-state index in [0.29, 0.717) is 19.3 Å². The van der Waals surface area contributed by atoms with Crippen molar-refractivity contribution in [3.05, 3.63) is 109 Å². The van der Waals surface area contributed by atoms with Gasteiger partial charge in [-0.05, 0) is 64.2 Å². The van der Waals surface area contributed by atoms with Gasteiger partial charge in [-0.25, -0.2) is 0 Å². The van der Waals surface area contributed by atoms with Gasteiger partial charge >= 0.3 is 5.97 Å². The largest absolute Gasteiger partial charge is 0.462 e. The molecule has 328 valence electrons. The maximum atomic E-state index is 13.1. The fraction of sp³-hybridized carbons (Fsp3) is 0.615. The predicted molar refractivity (Wildman–Crippen MR) is 250 cm³/mol. The number of ether oxygens (including phenoxy) is 1. The molecule has 3 N–H and O–H groups in total. The molecule has 6 nitrogen and oxygen atoms in total. The number of aliphatic hydroxyl groups is 2. The van der Waals surface area contributed by atoms with Crippen LogP contribution in [0.1, 0.15) is 181 Å². The molecule has 0 radical (unpaired) electrons. The molecule has 0 aromatic heterocycles. The second-order valence-corrected chi connectivity index (χ2v) is 15.3. The van der Waals surface area contributed by atoms with E-state index in [1.165, 1.54) is 64.2 Å². The zero-order valence-corrected chi connectivity index (χ0v) is 37.1. The van der Waals surface area contributed by atoms with E-state index in [1.807, 2.05) is 72.9 Å². The molecule has 3 unspecified atom stereocenters. The Morgan fingerprint density at radius 2 is 0.931 bits per heavy atom. The number of rotatable bonds is 39. The van der Waals surface area contributed by atoms with Gasteiger partial charge in [0.2, 0.25) is 5.91 Å². The molecular formula is C52H85NO5. The lowest BCUT2D eigenvalue weighted by atomic mass is 10.0. The van der Waals surface area contributed by atoms with E-state index in [4.69, 9.17) is 4.74 Å². The Bertz CT molecular complexity index is 1220. The average molecular weight is 804 g/mol. The predicted octanol–water partition coefficient (Wildman–Crippen LogP) is 13.6. The third kappa shape index (κ3) is 39.4. The van der Waals surface area contributed by atoms with Crippen LogP contribution in [-0.2, 0) is 14.3 Å². The number of amides is 1. The minimum atomic E-state index is -0.816. The van der Waals surface area contributed by atoms with Gasteiger partial charge in [0.15, 0.2) is 0 Å². The Hall–Kier alpha value is -3.48. The lowest BCUT2D eigenvalue weighted by Crippen LogP contribution is -2.46. The van der Waals surface area contributed by atoms with Crippen molar-refractivity contribution in [2.24, 2.45) is 0 Å². The Morgan fingerprint density at radius 1 is 0.517 bits per heavy atom. The Labute approximate surface area is 356 Å². The van der Waals surface area contributed by atoms with Crippen LogP contribution in [-0.4, -0.2) is 46.9 Å². The third-order valence-electron chi connectivity index (χ3n) is 9.81. The number of esters is 1. The summed E-state index contributed by atoms with van der Waals surface area (Å²) in [6.07, 6.45) is 60.0. The Morgan fingerprint density at radius 3 is 1.45 bits per heavy atom. The summed E-state index contributed by atoms with van der Waals surface area (Å²) < 4.78 is 5.85. The summed E-state index contributed by atoms with van der Waals surface area (Å²) in [6.45, 7) is 6.23.